The lowest BCUT2D eigenvalue weighted by Crippen LogP contribution is -2.12. The first-order chi connectivity index (χ1) is 7.61. The predicted molar refractivity (Wildman–Crippen MR) is 58.8 cm³/mol. The summed E-state index contributed by atoms with van der Waals surface area (Å²) in [5, 5.41) is 0. The molecule has 2 nitrogen and oxygen atoms in total. The minimum atomic E-state index is -0.945. The zero-order valence-electron chi connectivity index (χ0n) is 8.08. The molecule has 0 saturated heterocycles. The number of rotatable bonds is 2. The molecule has 1 heterocycles. The van der Waals surface area contributed by atoms with Crippen LogP contribution in [0.25, 0.3) is 0 Å². The topological polar surface area (TPSA) is 39.2 Å². The lowest BCUT2D eigenvalue weighted by atomic mass is 10.1. The van der Waals surface area contributed by atoms with Crippen LogP contribution in [-0.2, 0) is 0 Å². The maximum atomic E-state index is 13.3. The van der Waals surface area contributed by atoms with E-state index in [1.165, 1.54) is 12.3 Å². The molecule has 0 spiro atoms. The molecule has 5 heteroatoms. The number of benzene rings is 1. The van der Waals surface area contributed by atoms with Crippen molar-refractivity contribution < 1.29 is 13.2 Å². The van der Waals surface area contributed by atoms with Gasteiger partial charge in [0.1, 0.15) is 5.76 Å². The normalized spacial score (nSPS) is 12.8. The van der Waals surface area contributed by atoms with Crippen LogP contribution < -0.4 is 5.73 Å². The molecule has 0 bridgehead atoms. The molecule has 1 atom stereocenters. The molecule has 2 rings (SSSR count). The highest BCUT2D eigenvalue weighted by molar-refractivity contribution is 9.10. The largest absolute Gasteiger partial charge is 0.467 e. The number of halogens is 3. The van der Waals surface area contributed by atoms with E-state index in [1.807, 2.05) is 0 Å². The highest BCUT2D eigenvalue weighted by Gasteiger charge is 2.19. The highest BCUT2D eigenvalue weighted by atomic mass is 79.9. The van der Waals surface area contributed by atoms with Crippen LogP contribution in [0, 0.1) is 11.6 Å². The van der Waals surface area contributed by atoms with E-state index in [4.69, 9.17) is 10.2 Å². The fourth-order valence-corrected chi connectivity index (χ4v) is 1.97. The van der Waals surface area contributed by atoms with Crippen LogP contribution in [-0.4, -0.2) is 0 Å². The maximum absolute atomic E-state index is 13.3. The molecule has 1 unspecified atom stereocenters. The van der Waals surface area contributed by atoms with E-state index in [9.17, 15) is 8.78 Å². The van der Waals surface area contributed by atoms with Gasteiger partial charge in [-0.25, -0.2) is 8.78 Å². The van der Waals surface area contributed by atoms with Gasteiger partial charge in [0, 0.05) is 0 Å². The zero-order valence-corrected chi connectivity index (χ0v) is 9.67. The highest BCUT2D eigenvalue weighted by Crippen LogP contribution is 2.30. The Labute approximate surface area is 99.2 Å². The van der Waals surface area contributed by atoms with Crippen molar-refractivity contribution in [2.45, 2.75) is 6.04 Å². The molecule has 0 aliphatic heterocycles. The fourth-order valence-electron chi connectivity index (χ4n) is 1.40. The Balaban J connectivity index is 2.45. The van der Waals surface area contributed by atoms with E-state index in [1.54, 1.807) is 12.1 Å². The van der Waals surface area contributed by atoms with Crippen molar-refractivity contribution in [3.05, 3.63) is 58.0 Å². The van der Waals surface area contributed by atoms with Crippen LogP contribution in [0.4, 0.5) is 8.78 Å². The van der Waals surface area contributed by atoms with Crippen LogP contribution >= 0.6 is 15.9 Å². The second kappa shape index (κ2) is 4.35. The van der Waals surface area contributed by atoms with Gasteiger partial charge in [0.15, 0.2) is 11.6 Å². The summed E-state index contributed by atoms with van der Waals surface area (Å²) in [5.41, 5.74) is 6.31. The molecule has 16 heavy (non-hydrogen) atoms. The molecular formula is C11H8BrF2NO. The molecular weight excluding hydrogens is 280 g/mol. The van der Waals surface area contributed by atoms with E-state index >= 15 is 0 Å². The Bertz CT molecular complexity index is 499. The smallest absolute Gasteiger partial charge is 0.173 e. The Kier molecular flexibility index (Phi) is 3.07. The first-order valence-corrected chi connectivity index (χ1v) is 5.33. The van der Waals surface area contributed by atoms with E-state index in [2.05, 4.69) is 15.9 Å². The summed E-state index contributed by atoms with van der Waals surface area (Å²) in [6.45, 7) is 0. The lowest BCUT2D eigenvalue weighted by Gasteiger charge is -2.12. The van der Waals surface area contributed by atoms with Crippen LogP contribution in [0.2, 0.25) is 0 Å². The second-order valence-electron chi connectivity index (χ2n) is 3.26. The van der Waals surface area contributed by atoms with E-state index in [-0.39, 0.29) is 4.47 Å². The molecule has 0 aliphatic rings. The summed E-state index contributed by atoms with van der Waals surface area (Å²) < 4.78 is 31.3. The summed E-state index contributed by atoms with van der Waals surface area (Å²) in [5.74, 6) is -1.37. The van der Waals surface area contributed by atoms with Crippen molar-refractivity contribution in [3.63, 3.8) is 0 Å². The van der Waals surface area contributed by atoms with Gasteiger partial charge in [-0.15, -0.1) is 0 Å². The summed E-state index contributed by atoms with van der Waals surface area (Å²) in [4.78, 5) is 0. The van der Waals surface area contributed by atoms with Crippen LogP contribution in [0.1, 0.15) is 17.4 Å². The molecule has 1 aromatic carbocycles. The third kappa shape index (κ3) is 1.88. The number of hydrogen-bond donors (Lipinski definition) is 1. The van der Waals surface area contributed by atoms with E-state index in [0.717, 1.165) is 6.07 Å². The second-order valence-corrected chi connectivity index (χ2v) is 4.05. The lowest BCUT2D eigenvalue weighted by molar-refractivity contribution is 0.480. The summed E-state index contributed by atoms with van der Waals surface area (Å²) in [6, 6.07) is 5.20. The monoisotopic (exact) mass is 287 g/mol. The van der Waals surface area contributed by atoms with E-state index in [0.29, 0.717) is 11.3 Å². The van der Waals surface area contributed by atoms with Gasteiger partial charge in [-0.05, 0) is 39.7 Å². The molecule has 0 aliphatic carbocycles. The van der Waals surface area contributed by atoms with Gasteiger partial charge in [-0.3, -0.25) is 0 Å². The molecule has 0 saturated carbocycles. The molecule has 2 aromatic rings. The van der Waals surface area contributed by atoms with Gasteiger partial charge in [0.25, 0.3) is 0 Å². The third-order valence-electron chi connectivity index (χ3n) is 2.25. The minimum absolute atomic E-state index is 0.0244. The van der Waals surface area contributed by atoms with Crippen LogP contribution in [0.5, 0.6) is 0 Å². The average Bonchev–Trinajstić information content (AvgIpc) is 2.79. The van der Waals surface area contributed by atoms with Crippen molar-refractivity contribution in [1.29, 1.82) is 0 Å². The Hall–Kier alpha value is -1.20. The summed E-state index contributed by atoms with van der Waals surface area (Å²) in [7, 11) is 0. The Morgan fingerprint density at radius 2 is 2.00 bits per heavy atom. The fraction of sp³-hybridized carbons (Fsp3) is 0.0909. The van der Waals surface area contributed by atoms with Gasteiger partial charge < -0.3 is 10.2 Å². The van der Waals surface area contributed by atoms with Crippen molar-refractivity contribution in [1.82, 2.24) is 0 Å². The van der Waals surface area contributed by atoms with Gasteiger partial charge in [-0.2, -0.15) is 0 Å². The number of furan rings is 1. The first kappa shape index (κ1) is 11.3. The third-order valence-corrected chi connectivity index (χ3v) is 3.06. The van der Waals surface area contributed by atoms with Crippen molar-refractivity contribution in [3.8, 4) is 0 Å². The van der Waals surface area contributed by atoms with Gasteiger partial charge >= 0.3 is 0 Å². The van der Waals surface area contributed by atoms with Gasteiger partial charge in [0.2, 0.25) is 0 Å². The summed E-state index contributed by atoms with van der Waals surface area (Å²) >= 11 is 2.98. The number of hydrogen-bond acceptors (Lipinski definition) is 2. The maximum Gasteiger partial charge on any atom is 0.173 e. The molecule has 2 N–H and O–H groups in total. The zero-order chi connectivity index (χ0) is 11.7. The average molecular weight is 288 g/mol. The van der Waals surface area contributed by atoms with Gasteiger partial charge in [0.05, 0.1) is 16.8 Å². The summed E-state index contributed by atoms with van der Waals surface area (Å²) in [6.07, 6.45) is 1.48. The Morgan fingerprint density at radius 3 is 2.62 bits per heavy atom. The molecule has 0 radical (unpaired) electrons. The van der Waals surface area contributed by atoms with E-state index < -0.39 is 17.7 Å². The Morgan fingerprint density at radius 1 is 1.25 bits per heavy atom. The molecule has 0 fully saturated rings. The standard InChI is InChI=1S/C11H8BrF2NO/c12-9-6(3-4-7(13)10(9)14)11(15)8-2-1-5-16-8/h1-5,11H,15H2. The van der Waals surface area contributed by atoms with Crippen molar-refractivity contribution >= 4 is 15.9 Å². The van der Waals surface area contributed by atoms with Gasteiger partial charge in [-0.1, -0.05) is 6.07 Å². The predicted octanol–water partition coefficient (Wildman–Crippen LogP) is 3.37. The quantitative estimate of drug-likeness (QED) is 0.860. The molecule has 84 valence electrons. The van der Waals surface area contributed by atoms with Crippen molar-refractivity contribution in [2.24, 2.45) is 5.73 Å². The first-order valence-electron chi connectivity index (χ1n) is 4.53. The number of nitrogens with two attached hydrogens (primary N) is 1. The van der Waals surface area contributed by atoms with Crippen LogP contribution in [0.3, 0.4) is 0 Å². The van der Waals surface area contributed by atoms with Crippen LogP contribution in [0.15, 0.2) is 39.4 Å². The minimum Gasteiger partial charge on any atom is -0.467 e. The molecule has 1 aromatic heterocycles. The molecule has 0 amide bonds. The SMILES string of the molecule is NC(c1ccco1)c1ccc(F)c(F)c1Br. The van der Waals surface area contributed by atoms with Crippen molar-refractivity contribution in [2.75, 3.05) is 0 Å².